The van der Waals surface area contributed by atoms with E-state index >= 15 is 0 Å². The lowest BCUT2D eigenvalue weighted by Crippen LogP contribution is -2.31. The number of hydrogen-bond donors (Lipinski definition) is 2. The highest BCUT2D eigenvalue weighted by Crippen LogP contribution is 2.42. The summed E-state index contributed by atoms with van der Waals surface area (Å²) in [7, 11) is 1.56. The van der Waals surface area contributed by atoms with Crippen LogP contribution in [0, 0.1) is 6.92 Å². The minimum Gasteiger partial charge on any atom is -0.493 e. The Hall–Kier alpha value is -3.26. The number of H-pyrrole nitrogens is 1. The third-order valence-electron chi connectivity index (χ3n) is 5.28. The fraction of sp³-hybridized carbons (Fsp3) is 0.292. The molecule has 3 aromatic rings. The highest BCUT2D eigenvalue weighted by atomic mass is 32.2. The van der Waals surface area contributed by atoms with Crippen molar-refractivity contribution in [3.8, 4) is 11.5 Å². The molecular weight excluding hydrogens is 426 g/mol. The van der Waals surface area contributed by atoms with E-state index in [9.17, 15) is 9.59 Å². The van der Waals surface area contributed by atoms with Crippen LogP contribution < -0.4 is 20.3 Å². The molecule has 7 nitrogen and oxygen atoms in total. The molecular formula is C24H25N3O4S. The zero-order valence-corrected chi connectivity index (χ0v) is 19.0. The molecule has 0 aliphatic carbocycles. The number of rotatable bonds is 7. The molecule has 0 unspecified atom stereocenters. The van der Waals surface area contributed by atoms with Gasteiger partial charge in [0, 0.05) is 23.7 Å². The van der Waals surface area contributed by atoms with Crippen molar-refractivity contribution < 1.29 is 14.3 Å². The zero-order chi connectivity index (χ0) is 22.7. The number of thioether (sulfide) groups is 1. The second-order valence-electron chi connectivity index (χ2n) is 7.53. The predicted octanol–water partition coefficient (Wildman–Crippen LogP) is 4.25. The summed E-state index contributed by atoms with van der Waals surface area (Å²) in [5.41, 5.74) is 3.20. The molecule has 1 aromatic heterocycles. The monoisotopic (exact) mass is 451 g/mol. The van der Waals surface area contributed by atoms with Crippen LogP contribution in [0.2, 0.25) is 0 Å². The number of hydrogen-bond acceptors (Lipinski definition) is 6. The maximum absolute atomic E-state index is 13.1. The molecule has 32 heavy (non-hydrogen) atoms. The second kappa shape index (κ2) is 9.48. The third-order valence-corrected chi connectivity index (χ3v) is 6.23. The van der Waals surface area contributed by atoms with Crippen LogP contribution in [0.4, 0.5) is 5.82 Å². The number of benzene rings is 2. The number of carbonyl (C=O) groups excluding carboxylic acids is 1. The van der Waals surface area contributed by atoms with Crippen LogP contribution in [0.3, 0.4) is 0 Å². The van der Waals surface area contributed by atoms with E-state index in [4.69, 9.17) is 9.47 Å². The summed E-state index contributed by atoms with van der Waals surface area (Å²) in [6, 6.07) is 13.7. The average molecular weight is 452 g/mol. The Kier molecular flexibility index (Phi) is 6.50. The summed E-state index contributed by atoms with van der Waals surface area (Å²) in [5.74, 6) is 1.38. The number of aromatic nitrogens is 2. The van der Waals surface area contributed by atoms with Gasteiger partial charge < -0.3 is 19.8 Å². The van der Waals surface area contributed by atoms with E-state index in [1.54, 1.807) is 13.2 Å². The van der Waals surface area contributed by atoms with Crippen molar-refractivity contribution in [2.45, 2.75) is 37.1 Å². The summed E-state index contributed by atoms with van der Waals surface area (Å²) in [4.78, 5) is 33.1. The number of methoxy groups -OCH3 is 1. The van der Waals surface area contributed by atoms with E-state index < -0.39 is 5.92 Å². The number of anilines is 1. The smallest absolute Gasteiger partial charge is 0.257 e. The Morgan fingerprint density at radius 2 is 2.00 bits per heavy atom. The van der Waals surface area contributed by atoms with Crippen molar-refractivity contribution in [1.82, 2.24) is 9.97 Å². The van der Waals surface area contributed by atoms with Gasteiger partial charge in [-0.15, -0.1) is 0 Å². The molecule has 0 radical (unpaired) electrons. The first kappa shape index (κ1) is 22.0. The molecule has 1 aliphatic rings. The largest absolute Gasteiger partial charge is 0.493 e. The zero-order valence-electron chi connectivity index (χ0n) is 18.2. The van der Waals surface area contributed by atoms with E-state index in [0.29, 0.717) is 40.4 Å². The fourth-order valence-corrected chi connectivity index (χ4v) is 4.71. The Morgan fingerprint density at radius 1 is 1.19 bits per heavy atom. The van der Waals surface area contributed by atoms with E-state index in [2.05, 4.69) is 21.4 Å². The molecule has 0 bridgehead atoms. The number of ether oxygens (including phenoxy) is 2. The molecule has 0 saturated heterocycles. The number of amides is 1. The number of nitrogens with zero attached hydrogens (tertiary/aromatic N) is 1. The molecule has 166 valence electrons. The topological polar surface area (TPSA) is 93.3 Å². The van der Waals surface area contributed by atoms with Gasteiger partial charge in [-0.3, -0.25) is 9.59 Å². The standard InChI is InChI=1S/C24H25N3O4S/c1-4-31-21-16(9-6-10-18(21)30-3)17-12-19(28)25-22-20(17)23(29)27-24(26-22)32-13-15-8-5-7-14(2)11-15/h5-11,17H,4,12-13H2,1-3H3,(H2,25,26,27,28,29)/t17-/m1/s1. The van der Waals surface area contributed by atoms with Gasteiger partial charge in [-0.1, -0.05) is 53.7 Å². The Balaban J connectivity index is 1.71. The normalized spacial score (nSPS) is 15.1. The lowest BCUT2D eigenvalue weighted by Gasteiger charge is -2.26. The van der Waals surface area contributed by atoms with Crippen LogP contribution in [0.1, 0.15) is 41.5 Å². The summed E-state index contributed by atoms with van der Waals surface area (Å²) in [6.45, 7) is 4.35. The molecule has 1 atom stereocenters. The van der Waals surface area contributed by atoms with Crippen LogP contribution in [0.5, 0.6) is 11.5 Å². The Bertz CT molecular complexity index is 1210. The van der Waals surface area contributed by atoms with Gasteiger partial charge in [0.05, 0.1) is 19.3 Å². The number of nitrogens with one attached hydrogen (secondary N) is 2. The van der Waals surface area contributed by atoms with Gasteiger partial charge in [-0.05, 0) is 25.5 Å². The van der Waals surface area contributed by atoms with E-state index in [1.807, 2.05) is 44.2 Å². The van der Waals surface area contributed by atoms with Crippen LogP contribution >= 0.6 is 11.8 Å². The van der Waals surface area contributed by atoms with Gasteiger partial charge in [-0.2, -0.15) is 0 Å². The number of aromatic amines is 1. The van der Waals surface area contributed by atoms with Crippen LogP contribution in [0.25, 0.3) is 0 Å². The molecule has 1 amide bonds. The fourth-order valence-electron chi connectivity index (χ4n) is 3.91. The summed E-state index contributed by atoms with van der Waals surface area (Å²) in [6.07, 6.45) is 0.126. The molecule has 2 N–H and O–H groups in total. The van der Waals surface area contributed by atoms with E-state index in [0.717, 1.165) is 11.1 Å². The number of aryl methyl sites for hydroxylation is 1. The lowest BCUT2D eigenvalue weighted by molar-refractivity contribution is -0.116. The van der Waals surface area contributed by atoms with Crippen molar-refractivity contribution in [2.24, 2.45) is 0 Å². The minimum atomic E-state index is -0.484. The molecule has 2 aromatic carbocycles. The third kappa shape index (κ3) is 4.50. The lowest BCUT2D eigenvalue weighted by atomic mass is 9.86. The number of fused-ring (bicyclic) bond motifs is 1. The average Bonchev–Trinajstić information content (AvgIpc) is 2.77. The Labute approximate surface area is 190 Å². The maximum atomic E-state index is 13.1. The Morgan fingerprint density at radius 3 is 2.75 bits per heavy atom. The SMILES string of the molecule is CCOc1c(OC)cccc1[C@H]1CC(=O)Nc2nc(SCc3cccc(C)c3)[nH]c(=O)c21. The molecule has 2 heterocycles. The number of carbonyl (C=O) groups is 1. The first-order chi connectivity index (χ1) is 15.5. The molecule has 4 rings (SSSR count). The van der Waals surface area contributed by atoms with Gasteiger partial charge in [0.1, 0.15) is 5.82 Å². The molecule has 0 saturated carbocycles. The molecule has 1 aliphatic heterocycles. The summed E-state index contributed by atoms with van der Waals surface area (Å²) >= 11 is 1.42. The minimum absolute atomic E-state index is 0.126. The van der Waals surface area contributed by atoms with Crippen LogP contribution in [-0.2, 0) is 10.5 Å². The van der Waals surface area contributed by atoms with Gasteiger partial charge >= 0.3 is 0 Å². The van der Waals surface area contributed by atoms with E-state index in [1.165, 1.54) is 17.3 Å². The summed E-state index contributed by atoms with van der Waals surface area (Å²) < 4.78 is 11.3. The molecule has 0 spiro atoms. The maximum Gasteiger partial charge on any atom is 0.257 e. The van der Waals surface area contributed by atoms with Crippen molar-refractivity contribution in [3.63, 3.8) is 0 Å². The van der Waals surface area contributed by atoms with Crippen molar-refractivity contribution >= 4 is 23.5 Å². The van der Waals surface area contributed by atoms with Crippen LogP contribution in [0.15, 0.2) is 52.4 Å². The number of para-hydroxylation sites is 1. The van der Waals surface area contributed by atoms with E-state index in [-0.39, 0.29) is 17.9 Å². The highest BCUT2D eigenvalue weighted by molar-refractivity contribution is 7.98. The van der Waals surface area contributed by atoms with Gasteiger partial charge in [0.25, 0.3) is 5.56 Å². The quantitative estimate of drug-likeness (QED) is 0.412. The first-order valence-electron chi connectivity index (χ1n) is 10.4. The second-order valence-corrected chi connectivity index (χ2v) is 8.49. The highest BCUT2D eigenvalue weighted by Gasteiger charge is 2.33. The van der Waals surface area contributed by atoms with Crippen molar-refractivity contribution in [3.05, 3.63) is 75.1 Å². The van der Waals surface area contributed by atoms with Crippen molar-refractivity contribution in [2.75, 3.05) is 19.0 Å². The first-order valence-corrected chi connectivity index (χ1v) is 11.4. The molecule has 8 heteroatoms. The predicted molar refractivity (Wildman–Crippen MR) is 125 cm³/mol. The summed E-state index contributed by atoms with van der Waals surface area (Å²) in [5, 5.41) is 3.24. The van der Waals surface area contributed by atoms with Gasteiger partial charge in [-0.25, -0.2) is 4.98 Å². The van der Waals surface area contributed by atoms with Crippen LogP contribution in [-0.4, -0.2) is 29.6 Å². The molecule has 0 fully saturated rings. The van der Waals surface area contributed by atoms with Gasteiger partial charge in [0.15, 0.2) is 16.7 Å². The van der Waals surface area contributed by atoms with Crippen molar-refractivity contribution in [1.29, 1.82) is 0 Å². The van der Waals surface area contributed by atoms with Gasteiger partial charge in [0.2, 0.25) is 5.91 Å².